The fourth-order valence-electron chi connectivity index (χ4n) is 2.06. The Hall–Kier alpha value is -2.11. The molecule has 3 rings (SSSR count). The van der Waals surface area contributed by atoms with Crippen LogP contribution in [0.3, 0.4) is 0 Å². The summed E-state index contributed by atoms with van der Waals surface area (Å²) in [5, 5.41) is 0.857. The molecule has 2 aromatic heterocycles. The minimum absolute atomic E-state index is 0.0981. The molecule has 0 fully saturated rings. The lowest BCUT2D eigenvalue weighted by Crippen LogP contribution is -2.11. The van der Waals surface area contributed by atoms with Crippen LogP contribution >= 0.6 is 11.3 Å². The topological polar surface area (TPSA) is 51.8 Å². The van der Waals surface area contributed by atoms with Gasteiger partial charge in [0.15, 0.2) is 0 Å². The van der Waals surface area contributed by atoms with E-state index in [1.807, 2.05) is 12.1 Å². The number of halogens is 1. The van der Waals surface area contributed by atoms with Crippen molar-refractivity contribution < 1.29 is 4.39 Å². The lowest BCUT2D eigenvalue weighted by atomic mass is 10.1. The zero-order chi connectivity index (χ0) is 14.7. The molecule has 0 aliphatic carbocycles. The normalized spacial score (nSPS) is 12.3. The fraction of sp³-hybridized carbons (Fsp3) is 0.125. The van der Waals surface area contributed by atoms with Crippen LogP contribution < -0.4 is 5.73 Å². The van der Waals surface area contributed by atoms with E-state index in [1.54, 1.807) is 42.1 Å². The first-order chi connectivity index (χ1) is 10.2. The molecular weight excluding hydrogens is 285 g/mol. The van der Waals surface area contributed by atoms with Gasteiger partial charge in [-0.15, -0.1) is 11.3 Å². The lowest BCUT2D eigenvalue weighted by molar-refractivity contribution is 0.628. The summed E-state index contributed by atoms with van der Waals surface area (Å²) in [4.78, 5) is 9.40. The van der Waals surface area contributed by atoms with E-state index in [2.05, 4.69) is 9.97 Å². The van der Waals surface area contributed by atoms with Crippen molar-refractivity contribution >= 4 is 11.3 Å². The Kier molecular flexibility index (Phi) is 4.03. The maximum atomic E-state index is 12.9. The van der Waals surface area contributed by atoms with Gasteiger partial charge in [-0.25, -0.2) is 9.37 Å². The SMILES string of the molecule is NC(Cc1ccncc1)c1cnc(-c2ccc(F)cc2)s1. The Morgan fingerprint density at radius 3 is 2.52 bits per heavy atom. The van der Waals surface area contributed by atoms with Gasteiger partial charge in [-0.2, -0.15) is 0 Å². The van der Waals surface area contributed by atoms with Gasteiger partial charge in [0.2, 0.25) is 0 Å². The first kappa shape index (κ1) is 13.9. The van der Waals surface area contributed by atoms with Crippen molar-refractivity contribution in [3.63, 3.8) is 0 Å². The Morgan fingerprint density at radius 2 is 1.81 bits per heavy atom. The van der Waals surface area contributed by atoms with E-state index in [-0.39, 0.29) is 11.9 Å². The van der Waals surface area contributed by atoms with E-state index in [0.29, 0.717) is 0 Å². The molecule has 0 radical (unpaired) electrons. The molecule has 1 aromatic carbocycles. The number of benzene rings is 1. The van der Waals surface area contributed by atoms with E-state index < -0.39 is 0 Å². The first-order valence-electron chi connectivity index (χ1n) is 6.58. The summed E-state index contributed by atoms with van der Waals surface area (Å²) in [6.45, 7) is 0. The summed E-state index contributed by atoms with van der Waals surface area (Å²) in [6, 6.07) is 10.2. The van der Waals surface area contributed by atoms with Crippen molar-refractivity contribution in [2.75, 3.05) is 0 Å². The van der Waals surface area contributed by atoms with Crippen molar-refractivity contribution in [3.05, 3.63) is 71.2 Å². The molecule has 21 heavy (non-hydrogen) atoms. The number of rotatable bonds is 4. The second-order valence-corrected chi connectivity index (χ2v) is 5.80. The van der Waals surface area contributed by atoms with Crippen molar-refractivity contribution in [3.8, 4) is 10.6 Å². The number of thiazole rings is 1. The van der Waals surface area contributed by atoms with E-state index >= 15 is 0 Å². The summed E-state index contributed by atoms with van der Waals surface area (Å²) in [5.41, 5.74) is 8.29. The molecule has 0 saturated carbocycles. The van der Waals surface area contributed by atoms with Crippen LogP contribution in [-0.2, 0) is 6.42 Å². The van der Waals surface area contributed by atoms with Gasteiger partial charge in [0.05, 0.1) is 0 Å². The average Bonchev–Trinajstić information content (AvgIpc) is 2.99. The molecule has 1 unspecified atom stereocenters. The number of hydrogen-bond donors (Lipinski definition) is 1. The molecule has 1 atom stereocenters. The van der Waals surface area contributed by atoms with Gasteiger partial charge in [-0.1, -0.05) is 0 Å². The van der Waals surface area contributed by atoms with Gasteiger partial charge in [0.25, 0.3) is 0 Å². The summed E-state index contributed by atoms with van der Waals surface area (Å²) in [6.07, 6.45) is 6.07. The highest BCUT2D eigenvalue weighted by atomic mass is 32.1. The zero-order valence-electron chi connectivity index (χ0n) is 11.2. The van der Waals surface area contributed by atoms with Crippen molar-refractivity contribution in [1.29, 1.82) is 0 Å². The molecule has 106 valence electrons. The van der Waals surface area contributed by atoms with Crippen LogP contribution in [0.2, 0.25) is 0 Å². The number of nitrogens with zero attached hydrogens (tertiary/aromatic N) is 2. The highest BCUT2D eigenvalue weighted by molar-refractivity contribution is 7.15. The second kappa shape index (κ2) is 6.11. The molecule has 0 amide bonds. The lowest BCUT2D eigenvalue weighted by Gasteiger charge is -2.08. The van der Waals surface area contributed by atoms with Crippen LogP contribution in [-0.4, -0.2) is 9.97 Å². The van der Waals surface area contributed by atoms with Crippen LogP contribution in [0.25, 0.3) is 10.6 Å². The largest absolute Gasteiger partial charge is 0.323 e. The summed E-state index contributed by atoms with van der Waals surface area (Å²) in [7, 11) is 0. The third-order valence-electron chi connectivity index (χ3n) is 3.19. The molecular formula is C16H14FN3S. The third-order valence-corrected chi connectivity index (χ3v) is 4.36. The minimum atomic E-state index is -0.245. The van der Waals surface area contributed by atoms with Crippen molar-refractivity contribution in [1.82, 2.24) is 9.97 Å². The number of nitrogens with two attached hydrogens (primary N) is 1. The van der Waals surface area contributed by atoms with E-state index in [9.17, 15) is 4.39 Å². The predicted molar refractivity (Wildman–Crippen MR) is 82.4 cm³/mol. The van der Waals surface area contributed by atoms with Gasteiger partial charge < -0.3 is 5.73 Å². The van der Waals surface area contributed by atoms with E-state index in [4.69, 9.17) is 5.73 Å². The monoisotopic (exact) mass is 299 g/mol. The standard InChI is InChI=1S/C16H14FN3S/c17-13-3-1-12(2-4-13)16-20-10-15(21-16)14(18)9-11-5-7-19-8-6-11/h1-8,10,14H,9,18H2. The smallest absolute Gasteiger partial charge is 0.123 e. The number of aromatic nitrogens is 2. The molecule has 3 aromatic rings. The summed E-state index contributed by atoms with van der Waals surface area (Å²) < 4.78 is 12.9. The number of hydrogen-bond acceptors (Lipinski definition) is 4. The Bertz CT molecular complexity index is 710. The Morgan fingerprint density at radius 1 is 1.10 bits per heavy atom. The van der Waals surface area contributed by atoms with Crippen LogP contribution in [0, 0.1) is 5.82 Å². The fourth-order valence-corrected chi connectivity index (χ4v) is 2.98. The van der Waals surface area contributed by atoms with E-state index in [1.165, 1.54) is 12.1 Å². The quantitative estimate of drug-likeness (QED) is 0.801. The number of pyridine rings is 1. The second-order valence-electron chi connectivity index (χ2n) is 4.74. The summed E-state index contributed by atoms with van der Waals surface area (Å²) in [5.74, 6) is -0.245. The molecule has 5 heteroatoms. The third kappa shape index (κ3) is 3.32. The molecule has 0 aliphatic heterocycles. The van der Waals surface area contributed by atoms with Gasteiger partial charge in [-0.3, -0.25) is 4.98 Å². The molecule has 3 nitrogen and oxygen atoms in total. The van der Waals surface area contributed by atoms with Gasteiger partial charge in [-0.05, 0) is 48.4 Å². The molecule has 2 heterocycles. The maximum absolute atomic E-state index is 12.9. The van der Waals surface area contributed by atoms with Crippen LogP contribution in [0.4, 0.5) is 4.39 Å². The maximum Gasteiger partial charge on any atom is 0.123 e. The first-order valence-corrected chi connectivity index (χ1v) is 7.40. The summed E-state index contributed by atoms with van der Waals surface area (Å²) >= 11 is 1.54. The predicted octanol–water partition coefficient (Wildman–Crippen LogP) is 3.59. The van der Waals surface area contributed by atoms with Crippen LogP contribution in [0.1, 0.15) is 16.5 Å². The highest BCUT2D eigenvalue weighted by Crippen LogP contribution is 2.29. The van der Waals surface area contributed by atoms with Gasteiger partial charge in [0.1, 0.15) is 10.8 Å². The van der Waals surface area contributed by atoms with Crippen molar-refractivity contribution in [2.45, 2.75) is 12.5 Å². The zero-order valence-corrected chi connectivity index (χ0v) is 12.1. The van der Waals surface area contributed by atoms with Crippen LogP contribution in [0.15, 0.2) is 55.0 Å². The molecule has 0 spiro atoms. The molecule has 0 aliphatic rings. The highest BCUT2D eigenvalue weighted by Gasteiger charge is 2.12. The van der Waals surface area contributed by atoms with Crippen LogP contribution in [0.5, 0.6) is 0 Å². The molecule has 0 bridgehead atoms. The van der Waals surface area contributed by atoms with E-state index in [0.717, 1.165) is 27.4 Å². The average molecular weight is 299 g/mol. The Labute approximate surface area is 126 Å². The van der Waals surface area contributed by atoms with Gasteiger partial charge >= 0.3 is 0 Å². The minimum Gasteiger partial charge on any atom is -0.323 e. The van der Waals surface area contributed by atoms with Crippen molar-refractivity contribution in [2.24, 2.45) is 5.73 Å². The van der Waals surface area contributed by atoms with Gasteiger partial charge in [0, 0.05) is 35.1 Å². The molecule has 0 saturated heterocycles. The molecule has 2 N–H and O–H groups in total. The Balaban J connectivity index is 1.76.